The quantitative estimate of drug-likeness (QED) is 0.380. The molecular formula is C30H34F3N7O3. The third-order valence-electron chi connectivity index (χ3n) is 8.41. The van der Waals surface area contributed by atoms with Gasteiger partial charge in [0.15, 0.2) is 5.82 Å². The van der Waals surface area contributed by atoms with Crippen LogP contribution in [0.4, 0.5) is 19.0 Å². The molecule has 0 bridgehead atoms. The molecule has 4 heterocycles. The molecule has 1 saturated carbocycles. The van der Waals surface area contributed by atoms with Crippen LogP contribution in [0, 0.1) is 11.2 Å². The Balaban J connectivity index is 1.13. The molecule has 1 aliphatic carbocycles. The highest BCUT2D eigenvalue weighted by Crippen LogP contribution is 2.52. The predicted molar refractivity (Wildman–Crippen MR) is 151 cm³/mol. The van der Waals surface area contributed by atoms with E-state index in [1.54, 1.807) is 13.8 Å². The summed E-state index contributed by atoms with van der Waals surface area (Å²) in [5, 5.41) is 11.4. The van der Waals surface area contributed by atoms with Crippen molar-refractivity contribution in [3.05, 3.63) is 59.4 Å². The van der Waals surface area contributed by atoms with Gasteiger partial charge in [-0.2, -0.15) is 0 Å². The number of rotatable bonds is 9. The number of anilines is 1. The molecule has 1 N–H and O–H groups in total. The van der Waals surface area contributed by atoms with Crippen LogP contribution in [0.1, 0.15) is 61.3 Å². The van der Waals surface area contributed by atoms with Gasteiger partial charge in [0.1, 0.15) is 29.7 Å². The maximum Gasteiger partial charge on any atom is 0.282 e. The zero-order valence-corrected chi connectivity index (χ0v) is 24.3. The molecular weight excluding hydrogens is 563 g/mol. The van der Waals surface area contributed by atoms with Crippen LogP contribution in [-0.2, 0) is 6.42 Å². The van der Waals surface area contributed by atoms with Crippen molar-refractivity contribution in [3.8, 4) is 17.4 Å². The van der Waals surface area contributed by atoms with E-state index >= 15 is 0 Å². The summed E-state index contributed by atoms with van der Waals surface area (Å²) in [5.74, 6) is -0.119. The van der Waals surface area contributed by atoms with Crippen LogP contribution in [0.2, 0.25) is 0 Å². The summed E-state index contributed by atoms with van der Waals surface area (Å²) in [5.41, 5.74) is 2.12. The van der Waals surface area contributed by atoms with Gasteiger partial charge >= 0.3 is 0 Å². The molecule has 0 radical (unpaired) electrons. The van der Waals surface area contributed by atoms with Crippen LogP contribution in [0.5, 0.6) is 17.4 Å². The van der Waals surface area contributed by atoms with Crippen molar-refractivity contribution >= 4 is 11.7 Å². The highest BCUT2D eigenvalue weighted by Gasteiger charge is 2.54. The lowest BCUT2D eigenvalue weighted by atomic mass is 9.61. The van der Waals surface area contributed by atoms with Crippen LogP contribution in [-0.4, -0.2) is 75.7 Å². The van der Waals surface area contributed by atoms with Crippen molar-refractivity contribution in [1.82, 2.24) is 30.4 Å². The first-order valence-corrected chi connectivity index (χ1v) is 14.5. The fraction of sp³-hybridized carbons (Fsp3) is 0.500. The number of pyridine rings is 1. The number of ether oxygens (including phenoxy) is 2. The second kappa shape index (κ2) is 11.6. The Labute approximate surface area is 247 Å². The van der Waals surface area contributed by atoms with Gasteiger partial charge in [-0.3, -0.25) is 9.78 Å². The van der Waals surface area contributed by atoms with Gasteiger partial charge in [0.2, 0.25) is 0 Å². The topological polar surface area (TPSA) is 106 Å². The van der Waals surface area contributed by atoms with Crippen molar-refractivity contribution < 1.29 is 27.4 Å². The van der Waals surface area contributed by atoms with E-state index in [1.165, 1.54) is 12.4 Å². The monoisotopic (exact) mass is 597 g/mol. The van der Waals surface area contributed by atoms with Crippen LogP contribution < -0.4 is 19.7 Å². The van der Waals surface area contributed by atoms with E-state index < -0.39 is 30.7 Å². The largest absolute Gasteiger partial charge is 0.490 e. The first kappa shape index (κ1) is 29.1. The number of benzene rings is 1. The molecule has 1 amide bonds. The third kappa shape index (κ3) is 5.82. The van der Waals surface area contributed by atoms with Gasteiger partial charge in [-0.05, 0) is 57.9 Å². The number of carbonyl (C=O) groups excluding carboxylic acids is 1. The molecule has 6 rings (SSSR count). The summed E-state index contributed by atoms with van der Waals surface area (Å²) in [6, 6.07) is 4.99. The van der Waals surface area contributed by atoms with Gasteiger partial charge in [0.25, 0.3) is 18.2 Å². The number of hydrogen-bond acceptors (Lipinski definition) is 9. The Morgan fingerprint density at radius 3 is 2.72 bits per heavy atom. The van der Waals surface area contributed by atoms with E-state index in [0.29, 0.717) is 18.9 Å². The molecule has 2 fully saturated rings. The number of nitrogens with zero attached hydrogens (tertiary/aromatic N) is 6. The molecule has 3 aliphatic rings. The summed E-state index contributed by atoms with van der Waals surface area (Å²) < 4.78 is 53.0. The fourth-order valence-electron chi connectivity index (χ4n) is 6.35. The second-order valence-corrected chi connectivity index (χ2v) is 11.9. The SMILES string of the molecule is CC1NCCc2nccc(OC3CC4(C3)CN(c3ncnnc3Oc3ccc(F)cc3C(=O)N(CC(F)F)C(C)C)C4)c21. The first-order valence-electron chi connectivity index (χ1n) is 14.5. The molecule has 1 spiro atoms. The Kier molecular flexibility index (Phi) is 7.84. The number of nitrogens with one attached hydrogen (secondary N) is 1. The summed E-state index contributed by atoms with van der Waals surface area (Å²) in [4.78, 5) is 25.1. The molecule has 1 aromatic carbocycles. The number of aromatic nitrogens is 4. The molecule has 2 aromatic heterocycles. The molecule has 1 saturated heterocycles. The number of alkyl halides is 2. The lowest BCUT2D eigenvalue weighted by Gasteiger charge is -2.58. The number of halogens is 3. The van der Waals surface area contributed by atoms with Crippen molar-refractivity contribution in [3.63, 3.8) is 0 Å². The summed E-state index contributed by atoms with van der Waals surface area (Å²) in [6.45, 7) is 6.89. The number of fused-ring (bicyclic) bond motifs is 1. The number of amides is 1. The minimum absolute atomic E-state index is 0.0217. The van der Waals surface area contributed by atoms with Crippen molar-refractivity contribution in [2.24, 2.45) is 5.41 Å². The molecule has 2 aliphatic heterocycles. The molecule has 228 valence electrons. The van der Waals surface area contributed by atoms with Crippen LogP contribution in [0.15, 0.2) is 36.8 Å². The van der Waals surface area contributed by atoms with Crippen molar-refractivity contribution in [1.29, 1.82) is 0 Å². The second-order valence-electron chi connectivity index (χ2n) is 11.9. The summed E-state index contributed by atoms with van der Waals surface area (Å²) in [7, 11) is 0. The predicted octanol–water partition coefficient (Wildman–Crippen LogP) is 4.57. The van der Waals surface area contributed by atoms with Crippen molar-refractivity contribution in [2.45, 2.75) is 64.6 Å². The molecule has 1 unspecified atom stereocenters. The highest BCUT2D eigenvalue weighted by molar-refractivity contribution is 5.97. The Morgan fingerprint density at radius 1 is 1.19 bits per heavy atom. The van der Waals surface area contributed by atoms with Crippen molar-refractivity contribution in [2.75, 3.05) is 31.1 Å². The highest BCUT2D eigenvalue weighted by atomic mass is 19.3. The first-order chi connectivity index (χ1) is 20.6. The van der Waals surface area contributed by atoms with Gasteiger partial charge in [0, 0.05) is 55.3 Å². The maximum atomic E-state index is 14.2. The Morgan fingerprint density at radius 2 is 1.98 bits per heavy atom. The molecule has 43 heavy (non-hydrogen) atoms. The Hall–Kier alpha value is -4.00. The van der Waals surface area contributed by atoms with E-state index in [0.717, 1.165) is 59.8 Å². The van der Waals surface area contributed by atoms with Gasteiger partial charge in [-0.1, -0.05) is 0 Å². The van der Waals surface area contributed by atoms with Gasteiger partial charge in [0.05, 0.1) is 17.8 Å². The van der Waals surface area contributed by atoms with Gasteiger partial charge in [-0.25, -0.2) is 18.2 Å². The molecule has 13 heteroatoms. The lowest BCUT2D eigenvalue weighted by molar-refractivity contribution is -0.0351. The van der Waals surface area contributed by atoms with E-state index in [1.807, 2.05) is 17.2 Å². The van der Waals surface area contributed by atoms with Gasteiger partial charge < -0.3 is 24.6 Å². The van der Waals surface area contributed by atoms with Crippen LogP contribution >= 0.6 is 0 Å². The van der Waals surface area contributed by atoms with E-state index in [4.69, 9.17) is 9.47 Å². The van der Waals surface area contributed by atoms with E-state index in [-0.39, 0.29) is 34.8 Å². The maximum absolute atomic E-state index is 14.2. The molecule has 1 atom stereocenters. The standard InChI is InChI=1S/C30H34F3N7O3/c1-17(2)40(13-25(32)33)29(41)21-10-19(31)4-5-23(21)43-28-27(36-16-37-38-28)39-14-30(15-39)11-20(12-30)42-24-7-9-35-22-6-8-34-18(3)26(22)24/h4-5,7,9-10,16-18,20,25,34H,6,8,11-15H2,1-3H3. The molecule has 10 nitrogen and oxygen atoms in total. The van der Waals surface area contributed by atoms with E-state index in [2.05, 4.69) is 32.4 Å². The lowest BCUT2D eigenvalue weighted by Crippen LogP contribution is -2.65. The Bertz CT molecular complexity index is 1490. The normalized spacial score (nSPS) is 19.2. The smallest absolute Gasteiger partial charge is 0.282 e. The number of carbonyl (C=O) groups is 1. The summed E-state index contributed by atoms with van der Waals surface area (Å²) >= 11 is 0. The van der Waals surface area contributed by atoms with Gasteiger partial charge in [-0.15, -0.1) is 10.2 Å². The molecule has 3 aromatic rings. The van der Waals surface area contributed by atoms with Crippen LogP contribution in [0.3, 0.4) is 0 Å². The third-order valence-corrected chi connectivity index (χ3v) is 8.41. The number of hydrogen-bond donors (Lipinski definition) is 1. The van der Waals surface area contributed by atoms with Crippen LogP contribution in [0.25, 0.3) is 0 Å². The van der Waals surface area contributed by atoms with E-state index in [9.17, 15) is 18.0 Å². The summed E-state index contributed by atoms with van der Waals surface area (Å²) in [6.07, 6.45) is 3.15. The average molecular weight is 598 g/mol. The minimum Gasteiger partial charge on any atom is -0.490 e. The fourth-order valence-corrected chi connectivity index (χ4v) is 6.35. The average Bonchev–Trinajstić information content (AvgIpc) is 2.93. The minimum atomic E-state index is -2.74. The zero-order valence-electron chi connectivity index (χ0n) is 24.3. The zero-order chi connectivity index (χ0) is 30.3.